The fourth-order valence-electron chi connectivity index (χ4n) is 7.85. The average Bonchev–Trinajstić information content (AvgIpc) is 3.34. The first-order valence-corrected chi connectivity index (χ1v) is 15.7. The van der Waals surface area contributed by atoms with Crippen molar-refractivity contribution in [2.75, 3.05) is 49.6 Å². The lowest BCUT2D eigenvalue weighted by molar-refractivity contribution is -0.152. The van der Waals surface area contributed by atoms with Crippen molar-refractivity contribution in [3.05, 3.63) is 84.5 Å². The maximum atomic E-state index is 14.9. The summed E-state index contributed by atoms with van der Waals surface area (Å²) in [5.74, 6) is -2.59. The molecule has 1 spiro atoms. The Bertz CT molecular complexity index is 1470. The smallest absolute Gasteiger partial charge is 0.253 e. The second-order valence-corrected chi connectivity index (χ2v) is 12.1. The SMILES string of the molecule is CCN(CC)c1ccc(N2CC=C[C@]34O[C@]5(CC)C=CCN(C)C(=O)[C@@H]5[C@H]3C(=O)N([C@H](CO)c3ccccc3)C4C2=O)cc1. The van der Waals surface area contributed by atoms with E-state index < -0.39 is 35.1 Å². The van der Waals surface area contributed by atoms with Crippen molar-refractivity contribution >= 4 is 29.1 Å². The molecule has 0 saturated carbocycles. The van der Waals surface area contributed by atoms with Crippen molar-refractivity contribution in [3.8, 4) is 0 Å². The van der Waals surface area contributed by atoms with Crippen LogP contribution >= 0.6 is 0 Å². The summed E-state index contributed by atoms with van der Waals surface area (Å²) in [6.45, 7) is 8.21. The fraction of sp³-hybridized carbons (Fsp3) is 0.457. The summed E-state index contributed by atoms with van der Waals surface area (Å²) in [4.78, 5) is 50.8. The van der Waals surface area contributed by atoms with Gasteiger partial charge in [-0.15, -0.1) is 0 Å². The molecule has 1 unspecified atom stereocenters. The maximum Gasteiger partial charge on any atom is 0.253 e. The molecule has 9 nitrogen and oxygen atoms in total. The number of fused-ring (bicyclic) bond motifs is 2. The van der Waals surface area contributed by atoms with E-state index in [1.807, 2.05) is 85.8 Å². The Morgan fingerprint density at radius 2 is 1.57 bits per heavy atom. The summed E-state index contributed by atoms with van der Waals surface area (Å²) in [7, 11) is 1.73. The van der Waals surface area contributed by atoms with Crippen LogP contribution in [0.15, 0.2) is 78.9 Å². The van der Waals surface area contributed by atoms with Gasteiger partial charge in [-0.25, -0.2) is 0 Å². The Labute approximate surface area is 259 Å². The van der Waals surface area contributed by atoms with Crippen molar-refractivity contribution in [2.45, 2.75) is 50.5 Å². The van der Waals surface area contributed by atoms with Gasteiger partial charge in [-0.2, -0.15) is 0 Å². The lowest BCUT2D eigenvalue weighted by Gasteiger charge is -2.41. The number of likely N-dealkylation sites (tertiary alicyclic amines) is 1. The van der Waals surface area contributed by atoms with Crippen molar-refractivity contribution in [1.82, 2.24) is 9.80 Å². The zero-order chi connectivity index (χ0) is 31.2. The van der Waals surface area contributed by atoms with Crippen molar-refractivity contribution in [2.24, 2.45) is 11.8 Å². The lowest BCUT2D eigenvalue weighted by Crippen LogP contribution is -2.57. The minimum absolute atomic E-state index is 0.179. The number of rotatable bonds is 8. The fourth-order valence-corrected chi connectivity index (χ4v) is 7.85. The van der Waals surface area contributed by atoms with Gasteiger partial charge in [0.2, 0.25) is 11.8 Å². The number of nitrogens with zero attached hydrogens (tertiary/aromatic N) is 4. The molecule has 0 bridgehead atoms. The molecule has 232 valence electrons. The van der Waals surface area contributed by atoms with Gasteiger partial charge < -0.3 is 29.4 Å². The Kier molecular flexibility index (Phi) is 7.88. The van der Waals surface area contributed by atoms with Gasteiger partial charge in [0.1, 0.15) is 11.6 Å². The average molecular weight is 599 g/mol. The molecular weight excluding hydrogens is 556 g/mol. The number of aliphatic hydroxyl groups is 1. The molecule has 44 heavy (non-hydrogen) atoms. The molecule has 0 aliphatic carbocycles. The highest BCUT2D eigenvalue weighted by atomic mass is 16.5. The van der Waals surface area contributed by atoms with E-state index in [1.165, 1.54) is 4.90 Å². The van der Waals surface area contributed by atoms with Crippen molar-refractivity contribution in [3.63, 3.8) is 0 Å². The van der Waals surface area contributed by atoms with E-state index in [1.54, 1.807) is 16.8 Å². The number of amides is 3. The third-order valence-corrected chi connectivity index (χ3v) is 10.1. The van der Waals surface area contributed by atoms with Crippen LogP contribution in [0.4, 0.5) is 11.4 Å². The third-order valence-electron chi connectivity index (χ3n) is 10.1. The quantitative estimate of drug-likeness (QED) is 0.468. The second-order valence-electron chi connectivity index (χ2n) is 12.1. The molecule has 2 aromatic rings. The lowest BCUT2D eigenvalue weighted by atomic mass is 9.73. The number of hydrogen-bond donors (Lipinski definition) is 1. The number of likely N-dealkylation sites (N-methyl/N-ethyl adjacent to an activating group) is 1. The van der Waals surface area contributed by atoms with E-state index in [0.717, 1.165) is 18.8 Å². The monoisotopic (exact) mass is 598 g/mol. The van der Waals surface area contributed by atoms with Gasteiger partial charge in [0.05, 0.1) is 30.1 Å². The third kappa shape index (κ3) is 4.39. The van der Waals surface area contributed by atoms with E-state index in [4.69, 9.17) is 4.74 Å². The highest BCUT2D eigenvalue weighted by molar-refractivity contribution is 6.06. The largest absolute Gasteiger partial charge is 0.394 e. The molecule has 6 atom stereocenters. The first-order valence-electron chi connectivity index (χ1n) is 15.7. The highest BCUT2D eigenvalue weighted by Crippen LogP contribution is 2.59. The van der Waals surface area contributed by atoms with E-state index in [0.29, 0.717) is 24.2 Å². The van der Waals surface area contributed by atoms with Crippen molar-refractivity contribution < 1.29 is 24.2 Å². The summed E-state index contributed by atoms with van der Waals surface area (Å²) < 4.78 is 7.04. The summed E-state index contributed by atoms with van der Waals surface area (Å²) >= 11 is 0. The number of ether oxygens (including phenoxy) is 1. The minimum atomic E-state index is -1.40. The zero-order valence-corrected chi connectivity index (χ0v) is 25.9. The Morgan fingerprint density at radius 1 is 0.886 bits per heavy atom. The van der Waals surface area contributed by atoms with Gasteiger partial charge in [0.15, 0.2) is 0 Å². The van der Waals surface area contributed by atoms with Crippen LogP contribution in [0.1, 0.15) is 38.8 Å². The Hall–Kier alpha value is -3.95. The predicted octanol–water partition coefficient (Wildman–Crippen LogP) is 3.56. The molecule has 0 radical (unpaired) electrons. The molecule has 4 aliphatic rings. The van der Waals surface area contributed by atoms with Gasteiger partial charge in [-0.1, -0.05) is 61.6 Å². The highest BCUT2D eigenvalue weighted by Gasteiger charge is 2.76. The zero-order valence-electron chi connectivity index (χ0n) is 25.9. The summed E-state index contributed by atoms with van der Waals surface area (Å²) in [6, 6.07) is 15.3. The molecule has 2 fully saturated rings. The van der Waals surface area contributed by atoms with Crippen LogP contribution in [-0.4, -0.2) is 89.7 Å². The standard InChI is InChI=1S/C35H42N4O5/c1-5-34-19-11-21-36(4)31(41)28(34)29-32(42)39(27(23-40)24-13-9-8-10-14-24)30-33(43)38(22-12-20-35(29,30)44-34)26-17-15-25(16-18-26)37(6-2)7-3/h8-20,27-30,40H,5-7,21-23H2,1-4H3/t27-,28+,29+,30?,34-,35+/m1/s1. The van der Waals surface area contributed by atoms with Crippen LogP contribution in [0.5, 0.6) is 0 Å². The number of aliphatic hydroxyl groups excluding tert-OH is 1. The normalized spacial score (nSPS) is 30.2. The number of carbonyl (C=O) groups excluding carboxylic acids is 3. The first kappa shape index (κ1) is 30.1. The first-order chi connectivity index (χ1) is 21.3. The van der Waals surface area contributed by atoms with Gasteiger partial charge in [-0.3, -0.25) is 14.4 Å². The van der Waals surface area contributed by atoms with Crippen LogP contribution in [0.25, 0.3) is 0 Å². The molecule has 2 aromatic carbocycles. The van der Waals surface area contributed by atoms with Crippen LogP contribution in [-0.2, 0) is 19.1 Å². The molecule has 4 heterocycles. The molecular formula is C35H42N4O5. The van der Waals surface area contributed by atoms with Crippen LogP contribution in [0.3, 0.4) is 0 Å². The topological polar surface area (TPSA) is 93.6 Å². The van der Waals surface area contributed by atoms with E-state index in [-0.39, 0.29) is 30.9 Å². The number of benzene rings is 2. The molecule has 3 amide bonds. The summed E-state index contributed by atoms with van der Waals surface area (Å²) in [5, 5.41) is 10.8. The summed E-state index contributed by atoms with van der Waals surface area (Å²) in [5.41, 5.74) is 0.0378. The molecule has 9 heteroatoms. The number of hydrogen-bond acceptors (Lipinski definition) is 6. The summed E-state index contributed by atoms with van der Waals surface area (Å²) in [6.07, 6.45) is 8.06. The second kappa shape index (κ2) is 11.5. The van der Waals surface area contributed by atoms with Gasteiger partial charge in [-0.05, 0) is 50.1 Å². The predicted molar refractivity (Wildman–Crippen MR) is 169 cm³/mol. The van der Waals surface area contributed by atoms with Crippen LogP contribution < -0.4 is 9.80 Å². The number of anilines is 2. The minimum Gasteiger partial charge on any atom is -0.394 e. The van der Waals surface area contributed by atoms with Crippen LogP contribution in [0.2, 0.25) is 0 Å². The van der Waals surface area contributed by atoms with Gasteiger partial charge in [0.25, 0.3) is 5.91 Å². The molecule has 4 aliphatic heterocycles. The Balaban J connectivity index is 1.50. The molecule has 0 aromatic heterocycles. The molecule has 1 N–H and O–H groups in total. The van der Waals surface area contributed by atoms with E-state index in [2.05, 4.69) is 18.7 Å². The number of carbonyl (C=O) groups is 3. The van der Waals surface area contributed by atoms with Gasteiger partial charge >= 0.3 is 0 Å². The Morgan fingerprint density at radius 3 is 2.20 bits per heavy atom. The maximum absolute atomic E-state index is 14.9. The molecule has 6 rings (SSSR count). The van der Waals surface area contributed by atoms with Gasteiger partial charge in [0, 0.05) is 44.6 Å². The van der Waals surface area contributed by atoms with Crippen molar-refractivity contribution in [1.29, 1.82) is 0 Å². The molecule has 2 saturated heterocycles. The van der Waals surface area contributed by atoms with Crippen LogP contribution in [0, 0.1) is 11.8 Å². The van der Waals surface area contributed by atoms with E-state index in [9.17, 15) is 19.5 Å². The van der Waals surface area contributed by atoms with E-state index >= 15 is 0 Å².